The lowest BCUT2D eigenvalue weighted by molar-refractivity contribution is -0.124. The van der Waals surface area contributed by atoms with Gasteiger partial charge in [-0.2, -0.15) is 5.10 Å². The second kappa shape index (κ2) is 14.7. The van der Waals surface area contributed by atoms with Crippen LogP contribution in [0.25, 0.3) is 0 Å². The maximum Gasteiger partial charge on any atom is 0.356 e. The Balaban J connectivity index is 1.24. The molecule has 0 spiro atoms. The van der Waals surface area contributed by atoms with E-state index in [-0.39, 0.29) is 42.8 Å². The lowest BCUT2D eigenvalue weighted by Crippen LogP contribution is -2.47. The Labute approximate surface area is 253 Å². The zero-order valence-corrected chi connectivity index (χ0v) is 25.2. The summed E-state index contributed by atoms with van der Waals surface area (Å²) in [5.74, 6) is -0.752. The number of nitrogens with one attached hydrogen (secondary N) is 1. The molecule has 0 radical (unpaired) electrons. The second-order valence-corrected chi connectivity index (χ2v) is 11.8. The highest BCUT2D eigenvalue weighted by Gasteiger charge is 2.28. The molecule has 2 aromatic carbocycles. The maximum atomic E-state index is 13.2. The van der Waals surface area contributed by atoms with Crippen LogP contribution in [0.2, 0.25) is 0 Å². The van der Waals surface area contributed by atoms with E-state index in [1.54, 1.807) is 7.11 Å². The number of hydrogen-bond acceptors (Lipinski definition) is 6. The fraction of sp³-hybridized carbons (Fsp3) is 0.500. The fourth-order valence-electron chi connectivity index (χ4n) is 6.35. The van der Waals surface area contributed by atoms with E-state index in [9.17, 15) is 14.7 Å². The molecular weight excluding hydrogens is 546 g/mol. The molecule has 9 nitrogen and oxygen atoms in total. The number of carboxylic acid groups (broad SMARTS) is 1. The molecule has 2 saturated carbocycles. The summed E-state index contributed by atoms with van der Waals surface area (Å²) in [5, 5.41) is 16.9. The van der Waals surface area contributed by atoms with Gasteiger partial charge in [-0.25, -0.2) is 9.48 Å². The molecule has 2 aliphatic carbocycles. The van der Waals surface area contributed by atoms with Crippen LogP contribution in [0.15, 0.2) is 54.6 Å². The monoisotopic (exact) mass is 589 g/mol. The molecule has 3 aromatic rings. The number of aryl methyl sites for hydroxylation is 1. The smallest absolute Gasteiger partial charge is 0.356 e. The topological polar surface area (TPSA) is 112 Å². The van der Waals surface area contributed by atoms with Crippen molar-refractivity contribution in [3.8, 4) is 5.88 Å². The average Bonchev–Trinajstić information content (AvgIpc) is 3.43. The van der Waals surface area contributed by atoms with Crippen molar-refractivity contribution < 1.29 is 28.9 Å². The average molecular weight is 590 g/mol. The van der Waals surface area contributed by atoms with Crippen molar-refractivity contribution in [3.63, 3.8) is 0 Å². The van der Waals surface area contributed by atoms with Crippen molar-refractivity contribution in [2.24, 2.45) is 0 Å². The van der Waals surface area contributed by atoms with Gasteiger partial charge in [-0.15, -0.1) is 0 Å². The van der Waals surface area contributed by atoms with E-state index < -0.39 is 5.97 Å². The molecule has 1 aromatic heterocycles. The van der Waals surface area contributed by atoms with Gasteiger partial charge >= 0.3 is 5.97 Å². The standard InChI is InChI=1S/C34H43N3O6/c1-23-12-13-26(28(18-23)25-14-16-27(41-2)17-15-25)22-43-33-19-30(34(39)40)36-37(33)20-32(38)35-29-10-6-7-11-31(29)42-21-24-8-4-3-5-9-24/h3-5,8-9,12-13,18-19,25,27,29,31H,6-7,10-11,14-17,20-22H2,1-2H3,(H,35,38)(H,39,40)/t25?,27?,29-,31-/m0/s1. The first-order valence-electron chi connectivity index (χ1n) is 15.4. The number of amides is 1. The van der Waals surface area contributed by atoms with Gasteiger partial charge in [-0.3, -0.25) is 4.79 Å². The number of carbonyl (C=O) groups excluding carboxylic acids is 1. The van der Waals surface area contributed by atoms with Gasteiger partial charge in [0.2, 0.25) is 11.8 Å². The Hall–Kier alpha value is -3.69. The molecule has 0 unspecified atom stereocenters. The molecule has 2 fully saturated rings. The normalized spacial score (nSPS) is 22.2. The lowest BCUT2D eigenvalue weighted by Gasteiger charge is -2.32. The highest BCUT2D eigenvalue weighted by atomic mass is 16.5. The summed E-state index contributed by atoms with van der Waals surface area (Å²) in [7, 11) is 1.78. The van der Waals surface area contributed by atoms with Gasteiger partial charge in [0.15, 0.2) is 5.69 Å². The Morgan fingerprint density at radius 2 is 1.74 bits per heavy atom. The minimum atomic E-state index is -1.17. The van der Waals surface area contributed by atoms with Crippen LogP contribution >= 0.6 is 0 Å². The number of carbonyl (C=O) groups is 2. The van der Waals surface area contributed by atoms with Gasteiger partial charge in [-0.05, 0) is 68.1 Å². The van der Waals surface area contributed by atoms with Crippen LogP contribution in [0.4, 0.5) is 0 Å². The molecule has 0 saturated heterocycles. The summed E-state index contributed by atoms with van der Waals surface area (Å²) >= 11 is 0. The number of carboxylic acids is 1. The number of aromatic nitrogens is 2. The molecule has 2 aliphatic rings. The number of methoxy groups -OCH3 is 1. The fourth-order valence-corrected chi connectivity index (χ4v) is 6.35. The summed E-state index contributed by atoms with van der Waals surface area (Å²) in [6.07, 6.45) is 8.16. The van der Waals surface area contributed by atoms with Crippen molar-refractivity contribution in [2.45, 2.75) is 102 Å². The molecule has 0 bridgehead atoms. The first-order chi connectivity index (χ1) is 20.9. The van der Waals surface area contributed by atoms with Crippen LogP contribution in [0.1, 0.15) is 90.0 Å². The van der Waals surface area contributed by atoms with E-state index in [1.807, 2.05) is 30.3 Å². The van der Waals surface area contributed by atoms with Gasteiger partial charge in [0.25, 0.3) is 0 Å². The summed E-state index contributed by atoms with van der Waals surface area (Å²) in [6, 6.07) is 17.7. The van der Waals surface area contributed by atoms with Crippen molar-refractivity contribution in [2.75, 3.05) is 7.11 Å². The summed E-state index contributed by atoms with van der Waals surface area (Å²) in [6.45, 7) is 2.69. The first kappa shape index (κ1) is 30.8. The Kier molecular flexibility index (Phi) is 10.5. The zero-order chi connectivity index (χ0) is 30.2. The van der Waals surface area contributed by atoms with Gasteiger partial charge < -0.3 is 24.6 Å². The summed E-state index contributed by atoms with van der Waals surface area (Å²) < 4.78 is 19.3. The molecular formula is C34H43N3O6. The van der Waals surface area contributed by atoms with E-state index in [4.69, 9.17) is 14.2 Å². The van der Waals surface area contributed by atoms with Crippen LogP contribution in [0.3, 0.4) is 0 Å². The van der Waals surface area contributed by atoms with Crippen molar-refractivity contribution >= 4 is 11.9 Å². The third-order valence-electron chi connectivity index (χ3n) is 8.74. The van der Waals surface area contributed by atoms with E-state index in [2.05, 4.69) is 35.5 Å². The van der Waals surface area contributed by atoms with E-state index in [0.717, 1.165) is 62.5 Å². The molecule has 1 amide bonds. The summed E-state index contributed by atoms with van der Waals surface area (Å²) in [4.78, 5) is 25.0. The molecule has 0 aliphatic heterocycles. The van der Waals surface area contributed by atoms with Crippen molar-refractivity contribution in [1.29, 1.82) is 0 Å². The van der Waals surface area contributed by atoms with Gasteiger partial charge in [0.05, 0.1) is 24.9 Å². The van der Waals surface area contributed by atoms with E-state index in [1.165, 1.54) is 21.9 Å². The minimum absolute atomic E-state index is 0.0836. The van der Waals surface area contributed by atoms with E-state index >= 15 is 0 Å². The molecule has 2 N–H and O–H groups in total. The number of ether oxygens (including phenoxy) is 3. The predicted molar refractivity (Wildman–Crippen MR) is 162 cm³/mol. The van der Waals surface area contributed by atoms with Gasteiger partial charge in [0.1, 0.15) is 13.2 Å². The van der Waals surface area contributed by atoms with Crippen LogP contribution in [0, 0.1) is 6.92 Å². The number of benzene rings is 2. The highest BCUT2D eigenvalue weighted by Crippen LogP contribution is 2.36. The van der Waals surface area contributed by atoms with Gasteiger partial charge in [0, 0.05) is 13.2 Å². The van der Waals surface area contributed by atoms with Crippen LogP contribution in [-0.4, -0.2) is 52.1 Å². The largest absolute Gasteiger partial charge is 0.476 e. The Morgan fingerprint density at radius 1 is 0.977 bits per heavy atom. The Morgan fingerprint density at radius 3 is 2.49 bits per heavy atom. The molecule has 43 heavy (non-hydrogen) atoms. The summed E-state index contributed by atoms with van der Waals surface area (Å²) in [5.41, 5.74) is 4.44. The number of rotatable bonds is 12. The van der Waals surface area contributed by atoms with Crippen LogP contribution in [0.5, 0.6) is 5.88 Å². The van der Waals surface area contributed by atoms with Crippen LogP contribution in [-0.2, 0) is 34.0 Å². The number of aromatic carboxylic acids is 1. The third kappa shape index (κ3) is 8.24. The van der Waals surface area contributed by atoms with Gasteiger partial charge in [-0.1, -0.05) is 66.9 Å². The first-order valence-corrected chi connectivity index (χ1v) is 15.4. The quantitative estimate of drug-likeness (QED) is 0.275. The molecule has 1 heterocycles. The molecule has 5 rings (SSSR count). The second-order valence-electron chi connectivity index (χ2n) is 11.8. The van der Waals surface area contributed by atoms with Crippen LogP contribution < -0.4 is 10.1 Å². The highest BCUT2D eigenvalue weighted by molar-refractivity contribution is 5.85. The maximum absolute atomic E-state index is 13.2. The predicted octanol–water partition coefficient (Wildman–Crippen LogP) is 5.79. The third-order valence-corrected chi connectivity index (χ3v) is 8.74. The molecule has 230 valence electrons. The molecule has 9 heteroatoms. The lowest BCUT2D eigenvalue weighted by atomic mass is 9.80. The Bertz CT molecular complexity index is 1370. The SMILES string of the molecule is COC1CCC(c2cc(C)ccc2COc2cc(C(=O)O)nn2CC(=O)N[C@H]2CCCC[C@@H]2OCc2ccccc2)CC1. The van der Waals surface area contributed by atoms with Crippen molar-refractivity contribution in [3.05, 3.63) is 82.5 Å². The van der Waals surface area contributed by atoms with Crippen molar-refractivity contribution in [1.82, 2.24) is 15.1 Å². The number of nitrogens with zero attached hydrogens (tertiary/aromatic N) is 2. The molecule has 2 atom stereocenters. The minimum Gasteiger partial charge on any atom is -0.476 e. The van der Waals surface area contributed by atoms with E-state index in [0.29, 0.717) is 18.6 Å². The number of hydrogen-bond donors (Lipinski definition) is 2. The zero-order valence-electron chi connectivity index (χ0n) is 25.2.